The summed E-state index contributed by atoms with van der Waals surface area (Å²) in [6.45, 7) is 1.43. The minimum Gasteiger partial charge on any atom is -0.548 e. The third-order valence-corrected chi connectivity index (χ3v) is 4.86. The third-order valence-electron chi connectivity index (χ3n) is 3.66. The number of carboxylic acids is 1. The number of carbonyl (C=O) groups is 1. The molecule has 2 aromatic rings. The van der Waals surface area contributed by atoms with Crippen LogP contribution in [0.4, 0.5) is 0 Å². The van der Waals surface area contributed by atoms with E-state index in [-0.39, 0.29) is 5.56 Å². The average Bonchev–Trinajstić information content (AvgIpc) is 2.77. The zero-order valence-electron chi connectivity index (χ0n) is 10.5. The van der Waals surface area contributed by atoms with E-state index in [0.29, 0.717) is 5.39 Å². The van der Waals surface area contributed by atoms with Crippen LogP contribution in [0.3, 0.4) is 0 Å². The Morgan fingerprint density at radius 1 is 1.47 bits per heavy atom. The topological polar surface area (TPSA) is 75.0 Å². The highest BCUT2D eigenvalue weighted by molar-refractivity contribution is 7.18. The maximum absolute atomic E-state index is 12.4. The van der Waals surface area contributed by atoms with E-state index in [0.717, 1.165) is 40.6 Å². The second-order valence-corrected chi connectivity index (χ2v) is 5.93. The zero-order chi connectivity index (χ0) is 13.6. The number of aryl methyl sites for hydroxylation is 2. The van der Waals surface area contributed by atoms with E-state index in [9.17, 15) is 14.7 Å². The van der Waals surface area contributed by atoms with Gasteiger partial charge < -0.3 is 9.90 Å². The first-order chi connectivity index (χ1) is 9.09. The molecule has 3 rings (SSSR count). The fourth-order valence-electron chi connectivity index (χ4n) is 2.55. The molecule has 0 aliphatic heterocycles. The van der Waals surface area contributed by atoms with Crippen molar-refractivity contribution in [1.82, 2.24) is 9.55 Å². The van der Waals surface area contributed by atoms with Gasteiger partial charge in [0.1, 0.15) is 4.83 Å². The van der Waals surface area contributed by atoms with Gasteiger partial charge in [-0.25, -0.2) is 4.98 Å². The number of aliphatic carboxylic acids is 1. The van der Waals surface area contributed by atoms with Crippen molar-refractivity contribution in [2.75, 3.05) is 0 Å². The molecule has 1 aliphatic carbocycles. The van der Waals surface area contributed by atoms with Gasteiger partial charge in [0, 0.05) is 4.88 Å². The molecule has 0 radical (unpaired) electrons. The molecule has 0 aromatic carbocycles. The predicted molar refractivity (Wildman–Crippen MR) is 70.2 cm³/mol. The number of carboxylic acid groups (broad SMARTS) is 1. The Hall–Kier alpha value is -1.69. The number of hydrogen-bond donors (Lipinski definition) is 0. The van der Waals surface area contributed by atoms with E-state index in [1.54, 1.807) is 11.3 Å². The van der Waals surface area contributed by atoms with E-state index in [1.165, 1.54) is 18.1 Å². The van der Waals surface area contributed by atoms with Crippen molar-refractivity contribution in [1.29, 1.82) is 0 Å². The highest BCUT2D eigenvalue weighted by Gasteiger charge is 2.21. The molecule has 0 saturated heterocycles. The normalized spacial score (nSPS) is 16.3. The van der Waals surface area contributed by atoms with Gasteiger partial charge in [-0.15, -0.1) is 11.3 Å². The molecule has 100 valence electrons. The van der Waals surface area contributed by atoms with Gasteiger partial charge in [-0.3, -0.25) is 9.36 Å². The van der Waals surface area contributed by atoms with Crippen molar-refractivity contribution in [3.63, 3.8) is 0 Å². The fourth-order valence-corrected chi connectivity index (χ4v) is 3.77. The molecule has 0 spiro atoms. The van der Waals surface area contributed by atoms with Crippen LogP contribution in [0.1, 0.15) is 36.2 Å². The summed E-state index contributed by atoms with van der Waals surface area (Å²) >= 11 is 1.56. The second-order valence-electron chi connectivity index (χ2n) is 4.84. The number of hydrogen-bond acceptors (Lipinski definition) is 5. The van der Waals surface area contributed by atoms with Crippen molar-refractivity contribution < 1.29 is 9.90 Å². The third kappa shape index (κ3) is 1.87. The molecule has 19 heavy (non-hydrogen) atoms. The van der Waals surface area contributed by atoms with E-state index in [2.05, 4.69) is 4.98 Å². The van der Waals surface area contributed by atoms with Crippen molar-refractivity contribution in [2.24, 2.45) is 0 Å². The van der Waals surface area contributed by atoms with Gasteiger partial charge in [0.2, 0.25) is 0 Å². The highest BCUT2D eigenvalue weighted by Crippen LogP contribution is 2.33. The first kappa shape index (κ1) is 12.3. The number of aromatic nitrogens is 2. The number of nitrogens with zero attached hydrogens (tertiary/aromatic N) is 2. The van der Waals surface area contributed by atoms with Crippen LogP contribution in [0.2, 0.25) is 0 Å². The maximum atomic E-state index is 12.4. The minimum absolute atomic E-state index is 0.263. The van der Waals surface area contributed by atoms with E-state index in [1.807, 2.05) is 0 Å². The average molecular weight is 277 g/mol. The lowest BCUT2D eigenvalue weighted by Gasteiger charge is -2.15. The summed E-state index contributed by atoms with van der Waals surface area (Å²) in [5.74, 6) is -1.27. The SMILES string of the molecule is C[C@H](C(=O)[O-])n1cnc2sc3c(c2c1=O)CCCC3. The molecule has 0 fully saturated rings. The maximum Gasteiger partial charge on any atom is 0.262 e. The van der Waals surface area contributed by atoms with E-state index >= 15 is 0 Å². The van der Waals surface area contributed by atoms with Crippen molar-refractivity contribution >= 4 is 27.5 Å². The molecule has 0 bridgehead atoms. The molecule has 2 aromatic heterocycles. The Labute approximate surface area is 113 Å². The number of thiophene rings is 1. The quantitative estimate of drug-likeness (QED) is 0.807. The number of carbonyl (C=O) groups excluding carboxylic acids is 1. The van der Waals surface area contributed by atoms with Crippen molar-refractivity contribution in [3.05, 3.63) is 27.1 Å². The lowest BCUT2D eigenvalue weighted by atomic mass is 9.97. The first-order valence-electron chi connectivity index (χ1n) is 6.32. The van der Waals surface area contributed by atoms with Crippen molar-refractivity contribution in [2.45, 2.75) is 38.6 Å². The van der Waals surface area contributed by atoms with Gasteiger partial charge in [-0.2, -0.15) is 0 Å². The van der Waals surface area contributed by atoms with Gasteiger partial charge in [0.05, 0.1) is 23.7 Å². The fraction of sp³-hybridized carbons (Fsp3) is 0.462. The molecule has 1 atom stereocenters. The van der Waals surface area contributed by atoms with Gasteiger partial charge in [0.25, 0.3) is 5.56 Å². The molecule has 2 heterocycles. The highest BCUT2D eigenvalue weighted by atomic mass is 32.1. The summed E-state index contributed by atoms with van der Waals surface area (Å²) < 4.78 is 1.15. The molecule has 5 nitrogen and oxygen atoms in total. The van der Waals surface area contributed by atoms with Crippen LogP contribution >= 0.6 is 11.3 Å². The molecule has 0 saturated carbocycles. The number of rotatable bonds is 2. The standard InChI is InChI=1S/C13H14N2O3S/c1-7(13(17)18)15-6-14-11-10(12(15)16)8-4-2-3-5-9(8)19-11/h6-7H,2-5H2,1H3,(H,17,18)/p-1/t7-/m1/s1. The summed E-state index contributed by atoms with van der Waals surface area (Å²) in [5.41, 5.74) is 0.810. The van der Waals surface area contributed by atoms with Crippen LogP contribution in [-0.2, 0) is 17.6 Å². The Kier molecular flexibility index (Phi) is 2.89. The van der Waals surface area contributed by atoms with Crippen molar-refractivity contribution in [3.8, 4) is 0 Å². The number of fused-ring (bicyclic) bond motifs is 3. The van der Waals surface area contributed by atoms with Gasteiger partial charge in [-0.1, -0.05) is 0 Å². The van der Waals surface area contributed by atoms with Crippen LogP contribution in [0.5, 0.6) is 0 Å². The minimum atomic E-state index is -1.27. The molecule has 0 amide bonds. The summed E-state index contributed by atoms with van der Waals surface area (Å²) in [6, 6.07) is -0.997. The van der Waals surface area contributed by atoms with Crippen LogP contribution in [0, 0.1) is 0 Å². The van der Waals surface area contributed by atoms with Gasteiger partial charge >= 0.3 is 0 Å². The van der Waals surface area contributed by atoms with Gasteiger partial charge in [-0.05, 0) is 38.2 Å². The van der Waals surface area contributed by atoms with Crippen LogP contribution < -0.4 is 10.7 Å². The van der Waals surface area contributed by atoms with Gasteiger partial charge in [0.15, 0.2) is 0 Å². The van der Waals surface area contributed by atoms with Crippen LogP contribution in [-0.4, -0.2) is 15.5 Å². The summed E-state index contributed by atoms with van der Waals surface area (Å²) in [5, 5.41) is 11.5. The largest absolute Gasteiger partial charge is 0.548 e. The monoisotopic (exact) mass is 277 g/mol. The smallest absolute Gasteiger partial charge is 0.262 e. The Morgan fingerprint density at radius 3 is 2.95 bits per heavy atom. The Balaban J connectivity index is 2.26. The summed E-state index contributed by atoms with van der Waals surface area (Å²) in [4.78, 5) is 29.6. The molecule has 1 aliphatic rings. The zero-order valence-corrected chi connectivity index (χ0v) is 11.3. The molecule has 0 N–H and O–H groups in total. The Bertz CT molecular complexity index is 716. The molecule has 6 heteroatoms. The van der Waals surface area contributed by atoms with E-state index < -0.39 is 12.0 Å². The van der Waals surface area contributed by atoms with E-state index in [4.69, 9.17) is 0 Å². The molecule has 0 unspecified atom stereocenters. The van der Waals surface area contributed by atoms with Crippen LogP contribution in [0.15, 0.2) is 11.1 Å². The first-order valence-corrected chi connectivity index (χ1v) is 7.13. The summed E-state index contributed by atoms with van der Waals surface area (Å²) in [7, 11) is 0. The molecular weight excluding hydrogens is 264 g/mol. The Morgan fingerprint density at radius 2 is 2.21 bits per heavy atom. The second kappa shape index (κ2) is 4.45. The van der Waals surface area contributed by atoms with Crippen LogP contribution in [0.25, 0.3) is 10.2 Å². The summed E-state index contributed by atoms with van der Waals surface area (Å²) in [6.07, 6.45) is 5.40. The molecular formula is C13H13N2O3S-. The lowest BCUT2D eigenvalue weighted by molar-refractivity contribution is -0.309. The lowest BCUT2D eigenvalue weighted by Crippen LogP contribution is -2.36. The predicted octanol–water partition coefficient (Wildman–Crippen LogP) is 0.648.